The van der Waals surface area contributed by atoms with E-state index in [9.17, 15) is 24.0 Å². The standard InChI is InChI=1S/C24H34O13/c1-7-17-8-9-18(19(35-17)10-30-12(2)25)36-24-23(34-16(6)29)22(33-15(5)28)21(32-14(4)27)20(37-24)11-31-13(3)26/h8-9,17-24H,7,10-11H2,1-6H3/t17?,18-,19+,20+,21+,22-,23+,24-/m0/s1. The summed E-state index contributed by atoms with van der Waals surface area (Å²) in [4.78, 5) is 58.7. The lowest BCUT2D eigenvalue weighted by Crippen LogP contribution is -2.63. The van der Waals surface area contributed by atoms with Crippen molar-refractivity contribution in [1.29, 1.82) is 0 Å². The topological polar surface area (TPSA) is 159 Å². The van der Waals surface area contributed by atoms with Crippen molar-refractivity contribution in [3.8, 4) is 0 Å². The molecule has 2 aliphatic heterocycles. The Bertz CT molecular complexity index is 869. The Kier molecular flexibility index (Phi) is 11.5. The van der Waals surface area contributed by atoms with Crippen LogP contribution in [0.1, 0.15) is 48.0 Å². The highest BCUT2D eigenvalue weighted by molar-refractivity contribution is 5.68. The van der Waals surface area contributed by atoms with E-state index >= 15 is 0 Å². The fourth-order valence-electron chi connectivity index (χ4n) is 3.86. The van der Waals surface area contributed by atoms with Gasteiger partial charge in [-0.2, -0.15) is 0 Å². The Morgan fingerprint density at radius 1 is 0.649 bits per heavy atom. The molecule has 0 spiro atoms. The Hall–Kier alpha value is -3.03. The van der Waals surface area contributed by atoms with Crippen LogP contribution < -0.4 is 0 Å². The molecule has 0 aromatic carbocycles. The molecule has 2 rings (SSSR count). The van der Waals surface area contributed by atoms with E-state index in [0.29, 0.717) is 6.42 Å². The van der Waals surface area contributed by atoms with Gasteiger partial charge in [0.2, 0.25) is 0 Å². The summed E-state index contributed by atoms with van der Waals surface area (Å²) in [6, 6.07) is 0. The van der Waals surface area contributed by atoms with Crippen LogP contribution in [0.15, 0.2) is 12.2 Å². The van der Waals surface area contributed by atoms with Crippen LogP contribution in [0.25, 0.3) is 0 Å². The zero-order chi connectivity index (χ0) is 27.7. The third-order valence-corrected chi connectivity index (χ3v) is 5.32. The van der Waals surface area contributed by atoms with Crippen LogP contribution in [0.5, 0.6) is 0 Å². The second-order valence-electron chi connectivity index (χ2n) is 8.48. The van der Waals surface area contributed by atoms with Crippen LogP contribution in [0.2, 0.25) is 0 Å². The molecule has 37 heavy (non-hydrogen) atoms. The number of hydrogen-bond acceptors (Lipinski definition) is 13. The van der Waals surface area contributed by atoms with Gasteiger partial charge >= 0.3 is 29.8 Å². The number of carbonyl (C=O) groups excluding carboxylic acids is 5. The third kappa shape index (κ3) is 9.41. The van der Waals surface area contributed by atoms with E-state index in [1.807, 2.05) is 6.92 Å². The maximum absolute atomic E-state index is 12.0. The summed E-state index contributed by atoms with van der Waals surface area (Å²) in [7, 11) is 0. The number of hydrogen-bond donors (Lipinski definition) is 0. The maximum Gasteiger partial charge on any atom is 0.303 e. The van der Waals surface area contributed by atoms with Gasteiger partial charge in [-0.15, -0.1) is 0 Å². The van der Waals surface area contributed by atoms with Gasteiger partial charge in [-0.05, 0) is 6.42 Å². The highest BCUT2D eigenvalue weighted by Gasteiger charge is 2.53. The van der Waals surface area contributed by atoms with Crippen molar-refractivity contribution in [2.24, 2.45) is 0 Å². The van der Waals surface area contributed by atoms with Crippen LogP contribution in [-0.2, 0) is 61.9 Å². The third-order valence-electron chi connectivity index (χ3n) is 5.32. The van der Waals surface area contributed by atoms with E-state index in [0.717, 1.165) is 20.8 Å². The first-order valence-corrected chi connectivity index (χ1v) is 11.8. The van der Waals surface area contributed by atoms with Gasteiger partial charge in [0.15, 0.2) is 24.6 Å². The molecule has 0 bridgehead atoms. The van der Waals surface area contributed by atoms with Gasteiger partial charge in [0.25, 0.3) is 0 Å². The average molecular weight is 531 g/mol. The molecular formula is C24H34O13. The highest BCUT2D eigenvalue weighted by atomic mass is 16.7. The molecule has 0 aromatic heterocycles. The Labute approximate surface area is 214 Å². The molecule has 0 saturated carbocycles. The molecule has 0 radical (unpaired) electrons. The van der Waals surface area contributed by atoms with E-state index in [-0.39, 0.29) is 19.3 Å². The minimum Gasteiger partial charge on any atom is -0.463 e. The molecule has 1 fully saturated rings. The summed E-state index contributed by atoms with van der Waals surface area (Å²) in [5, 5.41) is 0. The molecule has 0 aromatic rings. The van der Waals surface area contributed by atoms with Crippen molar-refractivity contribution in [3.05, 3.63) is 12.2 Å². The summed E-state index contributed by atoms with van der Waals surface area (Å²) in [6.45, 7) is 7.22. The fraction of sp³-hybridized carbons (Fsp3) is 0.708. The lowest BCUT2D eigenvalue weighted by atomic mass is 9.97. The Morgan fingerprint density at radius 3 is 1.68 bits per heavy atom. The Morgan fingerprint density at radius 2 is 1.16 bits per heavy atom. The van der Waals surface area contributed by atoms with E-state index in [4.69, 9.17) is 37.9 Å². The monoisotopic (exact) mass is 530 g/mol. The normalized spacial score (nSPS) is 31.1. The van der Waals surface area contributed by atoms with Gasteiger partial charge in [-0.3, -0.25) is 24.0 Å². The van der Waals surface area contributed by atoms with Crippen LogP contribution in [0.4, 0.5) is 0 Å². The molecule has 0 N–H and O–H groups in total. The predicted molar refractivity (Wildman–Crippen MR) is 122 cm³/mol. The van der Waals surface area contributed by atoms with E-state index in [1.165, 1.54) is 13.8 Å². The number of rotatable bonds is 10. The van der Waals surface area contributed by atoms with Crippen molar-refractivity contribution in [1.82, 2.24) is 0 Å². The van der Waals surface area contributed by atoms with Gasteiger partial charge in [0.1, 0.15) is 31.5 Å². The maximum atomic E-state index is 12.0. The van der Waals surface area contributed by atoms with Crippen molar-refractivity contribution < 1.29 is 61.9 Å². The summed E-state index contributed by atoms with van der Waals surface area (Å²) in [5.74, 6) is -3.40. The summed E-state index contributed by atoms with van der Waals surface area (Å²) < 4.78 is 44.3. The molecule has 2 heterocycles. The van der Waals surface area contributed by atoms with Gasteiger partial charge in [0, 0.05) is 34.6 Å². The fourth-order valence-corrected chi connectivity index (χ4v) is 3.86. The lowest BCUT2D eigenvalue weighted by Gasteiger charge is -2.45. The molecule has 0 aliphatic carbocycles. The number of carbonyl (C=O) groups is 5. The predicted octanol–water partition coefficient (Wildman–Crippen LogP) is 0.751. The van der Waals surface area contributed by atoms with Gasteiger partial charge in [-0.25, -0.2) is 0 Å². The first kappa shape index (κ1) is 30.2. The molecule has 8 atom stereocenters. The highest BCUT2D eigenvalue weighted by Crippen LogP contribution is 2.32. The van der Waals surface area contributed by atoms with Crippen LogP contribution in [0, 0.1) is 0 Å². The van der Waals surface area contributed by atoms with Crippen molar-refractivity contribution in [3.63, 3.8) is 0 Å². The first-order valence-electron chi connectivity index (χ1n) is 11.8. The molecule has 208 valence electrons. The number of ether oxygens (including phenoxy) is 8. The van der Waals surface area contributed by atoms with E-state index < -0.39 is 72.8 Å². The average Bonchev–Trinajstić information content (AvgIpc) is 2.79. The first-order chi connectivity index (χ1) is 17.4. The van der Waals surface area contributed by atoms with E-state index in [1.54, 1.807) is 12.2 Å². The summed E-state index contributed by atoms with van der Waals surface area (Å²) >= 11 is 0. The van der Waals surface area contributed by atoms with Gasteiger partial charge in [-0.1, -0.05) is 19.1 Å². The SMILES string of the molecule is CCC1C=C[C@H](O[C@H]2O[C@H](COC(C)=O)[C@@H](OC(C)=O)[C@H](OC(C)=O)[C@H]2OC(C)=O)[C@@H](COC(C)=O)O1. The molecule has 0 amide bonds. The minimum absolute atomic E-state index is 0.133. The molecule has 13 heteroatoms. The molecule has 1 saturated heterocycles. The Balaban J connectivity index is 2.43. The van der Waals surface area contributed by atoms with E-state index in [2.05, 4.69) is 0 Å². The lowest BCUT2D eigenvalue weighted by molar-refractivity contribution is -0.320. The molecule has 13 nitrogen and oxygen atoms in total. The summed E-state index contributed by atoms with van der Waals surface area (Å²) in [5.41, 5.74) is 0. The minimum atomic E-state index is -1.39. The molecule has 2 aliphatic rings. The van der Waals surface area contributed by atoms with Crippen LogP contribution in [0.3, 0.4) is 0 Å². The summed E-state index contributed by atoms with van der Waals surface area (Å²) in [6.07, 6.45) is -4.33. The molecular weight excluding hydrogens is 496 g/mol. The van der Waals surface area contributed by atoms with Crippen molar-refractivity contribution in [2.45, 2.75) is 97.0 Å². The second kappa shape index (κ2) is 14.1. The second-order valence-corrected chi connectivity index (χ2v) is 8.48. The number of esters is 5. The van der Waals surface area contributed by atoms with Crippen molar-refractivity contribution >= 4 is 29.8 Å². The van der Waals surface area contributed by atoms with Crippen LogP contribution in [-0.4, -0.2) is 92.1 Å². The smallest absolute Gasteiger partial charge is 0.303 e. The van der Waals surface area contributed by atoms with Crippen LogP contribution >= 0.6 is 0 Å². The van der Waals surface area contributed by atoms with Crippen molar-refractivity contribution in [2.75, 3.05) is 13.2 Å². The van der Waals surface area contributed by atoms with Gasteiger partial charge in [0.05, 0.1) is 6.10 Å². The van der Waals surface area contributed by atoms with Gasteiger partial charge < -0.3 is 37.9 Å². The zero-order valence-corrected chi connectivity index (χ0v) is 21.7. The quantitative estimate of drug-likeness (QED) is 0.221. The molecule has 1 unspecified atom stereocenters. The zero-order valence-electron chi connectivity index (χ0n) is 21.7. The largest absolute Gasteiger partial charge is 0.463 e.